The second-order valence-electron chi connectivity index (χ2n) is 7.39. The molecule has 2 heterocycles. The van der Waals surface area contributed by atoms with Crippen LogP contribution < -0.4 is 16.6 Å². The lowest BCUT2D eigenvalue weighted by Gasteiger charge is -2.14. The Morgan fingerprint density at radius 1 is 1.03 bits per heavy atom. The molecule has 0 bridgehead atoms. The molecule has 4 aromatic rings. The maximum atomic E-state index is 13.3. The normalized spacial score (nSPS) is 11.1. The molecule has 158 valence electrons. The highest BCUT2D eigenvalue weighted by Crippen LogP contribution is 2.25. The fourth-order valence-electron chi connectivity index (χ4n) is 3.45. The van der Waals surface area contributed by atoms with Crippen molar-refractivity contribution in [3.05, 3.63) is 90.4 Å². The van der Waals surface area contributed by atoms with E-state index in [2.05, 4.69) is 5.32 Å². The van der Waals surface area contributed by atoms with E-state index >= 15 is 0 Å². The van der Waals surface area contributed by atoms with Crippen LogP contribution in [-0.4, -0.2) is 15.0 Å². The number of anilines is 1. The van der Waals surface area contributed by atoms with Crippen LogP contribution >= 0.6 is 22.9 Å². The first kappa shape index (κ1) is 21.1. The summed E-state index contributed by atoms with van der Waals surface area (Å²) in [6.07, 6.45) is 0. The average Bonchev–Trinajstić information content (AvgIpc) is 3.21. The molecule has 0 unspecified atom stereocenters. The number of aryl methyl sites for hydroxylation is 3. The molecular formula is C23H20ClN3O3S. The van der Waals surface area contributed by atoms with Gasteiger partial charge in [0.2, 0.25) is 5.91 Å². The molecule has 1 N–H and O–H groups in total. The van der Waals surface area contributed by atoms with E-state index in [9.17, 15) is 14.4 Å². The number of rotatable bonds is 4. The summed E-state index contributed by atoms with van der Waals surface area (Å²) in [5, 5.41) is 4.94. The summed E-state index contributed by atoms with van der Waals surface area (Å²) in [5.41, 5.74) is 3.30. The summed E-state index contributed by atoms with van der Waals surface area (Å²) >= 11 is 7.46. The largest absolute Gasteiger partial charge is 0.336 e. The highest BCUT2D eigenvalue weighted by atomic mass is 35.5. The van der Waals surface area contributed by atoms with Gasteiger partial charge in [0.1, 0.15) is 11.2 Å². The zero-order valence-electron chi connectivity index (χ0n) is 17.2. The van der Waals surface area contributed by atoms with Crippen LogP contribution in [0.5, 0.6) is 0 Å². The summed E-state index contributed by atoms with van der Waals surface area (Å²) in [6.45, 7) is 5.47. The van der Waals surface area contributed by atoms with E-state index in [1.54, 1.807) is 35.7 Å². The van der Waals surface area contributed by atoms with E-state index in [-0.39, 0.29) is 6.54 Å². The first-order valence-corrected chi connectivity index (χ1v) is 10.9. The number of carbonyl (C=O) groups is 1. The number of nitrogens with one attached hydrogen (secondary N) is 1. The van der Waals surface area contributed by atoms with Crippen LogP contribution in [0.1, 0.15) is 16.7 Å². The van der Waals surface area contributed by atoms with Gasteiger partial charge in [0.15, 0.2) is 0 Å². The number of nitrogens with zero attached hydrogens (tertiary/aromatic N) is 2. The van der Waals surface area contributed by atoms with E-state index in [0.717, 1.165) is 21.3 Å². The summed E-state index contributed by atoms with van der Waals surface area (Å²) in [4.78, 5) is 39.2. The highest BCUT2D eigenvalue weighted by Gasteiger charge is 2.18. The fraction of sp³-hybridized carbons (Fsp3) is 0.174. The van der Waals surface area contributed by atoms with Gasteiger partial charge in [-0.3, -0.25) is 14.2 Å². The predicted octanol–water partition coefficient (Wildman–Crippen LogP) is 4.43. The van der Waals surface area contributed by atoms with Gasteiger partial charge in [-0.05, 0) is 67.1 Å². The number of carbonyl (C=O) groups excluding carboxylic acids is 1. The second kappa shape index (κ2) is 8.17. The third-order valence-corrected chi connectivity index (χ3v) is 6.50. The minimum Gasteiger partial charge on any atom is -0.323 e. The summed E-state index contributed by atoms with van der Waals surface area (Å²) < 4.78 is 2.86. The molecule has 0 aliphatic carbocycles. The van der Waals surface area contributed by atoms with E-state index in [1.165, 1.54) is 15.9 Å². The molecule has 8 heteroatoms. The zero-order chi connectivity index (χ0) is 22.3. The van der Waals surface area contributed by atoms with Crippen molar-refractivity contribution >= 4 is 44.7 Å². The lowest BCUT2D eigenvalue weighted by molar-refractivity contribution is -0.116. The van der Waals surface area contributed by atoms with Crippen molar-refractivity contribution in [1.29, 1.82) is 0 Å². The van der Waals surface area contributed by atoms with E-state index in [0.29, 0.717) is 26.6 Å². The molecule has 0 saturated carbocycles. The van der Waals surface area contributed by atoms with Crippen molar-refractivity contribution in [2.75, 3.05) is 5.32 Å². The number of aromatic nitrogens is 2. The Kier molecular flexibility index (Phi) is 5.56. The average molecular weight is 454 g/mol. The lowest BCUT2D eigenvalue weighted by Crippen LogP contribution is -2.40. The van der Waals surface area contributed by atoms with Crippen molar-refractivity contribution < 1.29 is 4.79 Å². The number of benzene rings is 2. The first-order chi connectivity index (χ1) is 14.8. The Bertz CT molecular complexity index is 1430. The van der Waals surface area contributed by atoms with Gasteiger partial charge in [-0.15, -0.1) is 11.3 Å². The Morgan fingerprint density at radius 3 is 2.52 bits per heavy atom. The van der Waals surface area contributed by atoms with Gasteiger partial charge in [0.05, 0.1) is 21.9 Å². The Balaban J connectivity index is 1.82. The second-order valence-corrected chi connectivity index (χ2v) is 8.72. The van der Waals surface area contributed by atoms with Gasteiger partial charge in [0.25, 0.3) is 5.56 Å². The van der Waals surface area contributed by atoms with Crippen molar-refractivity contribution in [3.63, 3.8) is 0 Å². The summed E-state index contributed by atoms with van der Waals surface area (Å²) in [7, 11) is 0. The minimum atomic E-state index is -0.565. The lowest BCUT2D eigenvalue weighted by atomic mass is 10.1. The van der Waals surface area contributed by atoms with Gasteiger partial charge in [-0.1, -0.05) is 29.8 Å². The number of halogens is 1. The van der Waals surface area contributed by atoms with Gasteiger partial charge in [0, 0.05) is 0 Å². The number of amides is 1. The molecule has 6 nitrogen and oxygen atoms in total. The number of hydrogen-bond acceptors (Lipinski definition) is 4. The number of hydrogen-bond donors (Lipinski definition) is 1. The molecule has 0 radical (unpaired) electrons. The maximum absolute atomic E-state index is 13.3. The highest BCUT2D eigenvalue weighted by molar-refractivity contribution is 7.17. The SMILES string of the molecule is Cc1ccc(-n2c(=O)c3sccc3n(CC(=O)Nc3c(C)cccc3Cl)c2=O)cc1C. The summed E-state index contributed by atoms with van der Waals surface area (Å²) in [6, 6.07) is 12.4. The monoisotopic (exact) mass is 453 g/mol. The fourth-order valence-corrected chi connectivity index (χ4v) is 4.54. The Morgan fingerprint density at radius 2 is 1.81 bits per heavy atom. The van der Waals surface area contributed by atoms with Gasteiger partial charge < -0.3 is 5.32 Å². The smallest absolute Gasteiger partial charge is 0.323 e. The van der Waals surface area contributed by atoms with E-state index in [4.69, 9.17) is 11.6 Å². The Hall–Kier alpha value is -3.16. The number of para-hydroxylation sites is 1. The first-order valence-electron chi connectivity index (χ1n) is 9.63. The molecule has 0 spiro atoms. The topological polar surface area (TPSA) is 73.1 Å². The minimum absolute atomic E-state index is 0.248. The molecule has 4 rings (SSSR count). The van der Waals surface area contributed by atoms with Crippen LogP contribution in [0.15, 0.2) is 57.4 Å². The van der Waals surface area contributed by atoms with Gasteiger partial charge in [-0.25, -0.2) is 9.36 Å². The number of fused-ring (bicyclic) bond motifs is 1. The molecule has 1 amide bonds. The zero-order valence-corrected chi connectivity index (χ0v) is 18.8. The predicted molar refractivity (Wildman–Crippen MR) is 126 cm³/mol. The maximum Gasteiger partial charge on any atom is 0.336 e. The number of thiophene rings is 1. The molecule has 0 saturated heterocycles. The molecular weight excluding hydrogens is 434 g/mol. The molecule has 0 fully saturated rings. The quantitative estimate of drug-likeness (QED) is 0.496. The van der Waals surface area contributed by atoms with Crippen LogP contribution in [0, 0.1) is 20.8 Å². The van der Waals surface area contributed by atoms with Crippen LogP contribution in [0.2, 0.25) is 5.02 Å². The van der Waals surface area contributed by atoms with Crippen molar-refractivity contribution in [1.82, 2.24) is 9.13 Å². The van der Waals surface area contributed by atoms with Crippen LogP contribution in [0.3, 0.4) is 0 Å². The third-order valence-electron chi connectivity index (χ3n) is 5.29. The standard InChI is InChI=1S/C23H20ClN3O3S/c1-13-7-8-16(11-15(13)3)27-22(29)21-18(9-10-31-21)26(23(27)30)12-19(28)25-20-14(2)5-4-6-17(20)24/h4-11H,12H2,1-3H3,(H,25,28). The van der Waals surface area contributed by atoms with Crippen LogP contribution in [0.25, 0.3) is 15.9 Å². The summed E-state index contributed by atoms with van der Waals surface area (Å²) in [5.74, 6) is -0.406. The van der Waals surface area contributed by atoms with Crippen LogP contribution in [-0.2, 0) is 11.3 Å². The van der Waals surface area contributed by atoms with E-state index in [1.807, 2.05) is 32.9 Å². The Labute approximate surface area is 187 Å². The molecule has 31 heavy (non-hydrogen) atoms. The molecule has 0 aliphatic heterocycles. The molecule has 2 aromatic carbocycles. The molecule has 0 atom stereocenters. The van der Waals surface area contributed by atoms with E-state index < -0.39 is 17.2 Å². The molecule has 2 aromatic heterocycles. The van der Waals surface area contributed by atoms with Gasteiger partial charge in [-0.2, -0.15) is 0 Å². The van der Waals surface area contributed by atoms with Crippen molar-refractivity contribution in [3.8, 4) is 5.69 Å². The van der Waals surface area contributed by atoms with Gasteiger partial charge >= 0.3 is 5.69 Å². The van der Waals surface area contributed by atoms with Crippen LogP contribution in [0.4, 0.5) is 5.69 Å². The third kappa shape index (κ3) is 3.82. The molecule has 0 aliphatic rings. The van der Waals surface area contributed by atoms with Crippen molar-refractivity contribution in [2.24, 2.45) is 0 Å². The van der Waals surface area contributed by atoms with Crippen molar-refractivity contribution in [2.45, 2.75) is 27.3 Å².